The number of hydrogen-bond acceptors (Lipinski definition) is 7. The van der Waals surface area contributed by atoms with Crippen LogP contribution in [-0.4, -0.2) is 45.8 Å². The second-order valence-corrected chi connectivity index (χ2v) is 8.73. The zero-order chi connectivity index (χ0) is 26.5. The number of amides is 4. The maximum atomic E-state index is 13.1. The third kappa shape index (κ3) is 3.73. The molecule has 0 aromatic heterocycles. The predicted molar refractivity (Wildman–Crippen MR) is 129 cm³/mol. The van der Waals surface area contributed by atoms with Crippen molar-refractivity contribution in [3.63, 3.8) is 0 Å². The molecule has 11 heteroatoms. The molecule has 0 spiro atoms. The zero-order valence-electron chi connectivity index (χ0n) is 19.3. The molecule has 2 aliphatic rings. The molecule has 11 nitrogen and oxygen atoms in total. The normalized spacial score (nSPS) is 18.2. The topological polar surface area (TPSA) is 156 Å². The quantitative estimate of drug-likeness (QED) is 0.243. The molecule has 0 bridgehead atoms. The van der Waals surface area contributed by atoms with Gasteiger partial charge >= 0.3 is 6.03 Å². The Morgan fingerprint density at radius 3 is 2.19 bits per heavy atom. The molecule has 1 fully saturated rings. The monoisotopic (exact) mass is 498 g/mol. The summed E-state index contributed by atoms with van der Waals surface area (Å²) in [6.07, 6.45) is 0. The van der Waals surface area contributed by atoms with Crippen LogP contribution in [0.25, 0.3) is 0 Å². The van der Waals surface area contributed by atoms with Crippen LogP contribution in [0.2, 0.25) is 0 Å². The summed E-state index contributed by atoms with van der Waals surface area (Å²) in [4.78, 5) is 75.7. The van der Waals surface area contributed by atoms with E-state index >= 15 is 0 Å². The maximum Gasteiger partial charge on any atom is 0.325 e. The Balaban J connectivity index is 1.37. The number of ketones is 2. The van der Waals surface area contributed by atoms with Crippen molar-refractivity contribution >= 4 is 40.8 Å². The van der Waals surface area contributed by atoms with Gasteiger partial charge in [-0.2, -0.15) is 0 Å². The first-order valence-corrected chi connectivity index (χ1v) is 11.1. The van der Waals surface area contributed by atoms with Crippen molar-refractivity contribution in [2.45, 2.75) is 12.5 Å². The van der Waals surface area contributed by atoms with Crippen LogP contribution in [-0.2, 0) is 15.1 Å². The molecule has 1 atom stereocenters. The van der Waals surface area contributed by atoms with Crippen LogP contribution in [0.4, 0.5) is 16.2 Å². The van der Waals surface area contributed by atoms with Gasteiger partial charge in [-0.05, 0) is 30.7 Å². The van der Waals surface area contributed by atoms with E-state index in [0.29, 0.717) is 10.5 Å². The van der Waals surface area contributed by atoms with E-state index in [-0.39, 0.29) is 39.4 Å². The number of anilines is 1. The highest BCUT2D eigenvalue weighted by Gasteiger charge is 2.49. The van der Waals surface area contributed by atoms with E-state index in [0.717, 1.165) is 0 Å². The number of rotatable bonds is 5. The highest BCUT2D eigenvalue weighted by atomic mass is 16.6. The number of nitro benzene ring substituents is 1. The Bertz CT molecular complexity index is 1550. The maximum absolute atomic E-state index is 13.1. The number of nitro groups is 1. The summed E-state index contributed by atoms with van der Waals surface area (Å²) < 4.78 is 0. The SMILES string of the molecule is CC1(c2ccc([N+](=O)[O-])cc2)NC(=O)N(CC(=O)Nc2cccc3c2C(=O)c2ccccc2C3=O)C1=O. The lowest BCUT2D eigenvalue weighted by atomic mass is 9.83. The molecule has 0 radical (unpaired) electrons. The van der Waals surface area contributed by atoms with Gasteiger partial charge in [-0.15, -0.1) is 0 Å². The molecule has 3 aromatic rings. The van der Waals surface area contributed by atoms with Crippen molar-refractivity contribution in [3.05, 3.63) is 105 Å². The van der Waals surface area contributed by atoms with E-state index in [2.05, 4.69) is 10.6 Å². The number of imide groups is 1. The van der Waals surface area contributed by atoms with Gasteiger partial charge in [-0.25, -0.2) is 4.79 Å². The summed E-state index contributed by atoms with van der Waals surface area (Å²) >= 11 is 0. The fourth-order valence-corrected chi connectivity index (χ4v) is 4.54. The highest BCUT2D eigenvalue weighted by molar-refractivity contribution is 6.30. The first-order valence-electron chi connectivity index (χ1n) is 11.1. The number of benzene rings is 3. The van der Waals surface area contributed by atoms with E-state index in [1.165, 1.54) is 55.5 Å². The minimum atomic E-state index is -1.54. The van der Waals surface area contributed by atoms with Gasteiger partial charge in [0.05, 0.1) is 16.2 Å². The van der Waals surface area contributed by atoms with Gasteiger partial charge in [0, 0.05) is 28.8 Å². The molecular weight excluding hydrogens is 480 g/mol. The van der Waals surface area contributed by atoms with Gasteiger partial charge in [0.25, 0.3) is 11.6 Å². The second kappa shape index (κ2) is 8.48. The van der Waals surface area contributed by atoms with Crippen LogP contribution in [0.5, 0.6) is 0 Å². The van der Waals surface area contributed by atoms with Crippen molar-refractivity contribution in [1.82, 2.24) is 10.2 Å². The Hall–Kier alpha value is -5.19. The highest BCUT2D eigenvalue weighted by Crippen LogP contribution is 2.33. The smallest absolute Gasteiger partial charge is 0.324 e. The fourth-order valence-electron chi connectivity index (χ4n) is 4.54. The molecule has 184 valence electrons. The number of nitrogens with zero attached hydrogens (tertiary/aromatic N) is 2. The van der Waals surface area contributed by atoms with Gasteiger partial charge in [0.1, 0.15) is 12.1 Å². The average Bonchev–Trinajstić information content (AvgIpc) is 3.11. The van der Waals surface area contributed by atoms with Crippen LogP contribution in [0.1, 0.15) is 44.3 Å². The van der Waals surface area contributed by atoms with E-state index in [4.69, 9.17) is 0 Å². The molecular formula is C26H18N4O7. The number of carbonyl (C=O) groups excluding carboxylic acids is 5. The summed E-state index contributed by atoms with van der Waals surface area (Å²) in [5.41, 5.74) is -0.662. The third-order valence-electron chi connectivity index (χ3n) is 6.46. The van der Waals surface area contributed by atoms with E-state index in [1.54, 1.807) is 18.2 Å². The van der Waals surface area contributed by atoms with Gasteiger partial charge in [0.15, 0.2) is 11.6 Å². The van der Waals surface area contributed by atoms with Gasteiger partial charge < -0.3 is 10.6 Å². The number of nitrogens with one attached hydrogen (secondary N) is 2. The Morgan fingerprint density at radius 1 is 0.919 bits per heavy atom. The minimum absolute atomic E-state index is 0.0347. The first-order chi connectivity index (χ1) is 17.6. The van der Waals surface area contributed by atoms with Gasteiger partial charge in [0.2, 0.25) is 5.91 Å². The first kappa shape index (κ1) is 23.5. The third-order valence-corrected chi connectivity index (χ3v) is 6.46. The lowest BCUT2D eigenvalue weighted by molar-refractivity contribution is -0.384. The summed E-state index contributed by atoms with van der Waals surface area (Å²) in [5, 5.41) is 16.0. The molecule has 4 amide bonds. The second-order valence-electron chi connectivity index (χ2n) is 8.73. The molecule has 1 aliphatic carbocycles. The fraction of sp³-hybridized carbons (Fsp3) is 0.115. The van der Waals surface area contributed by atoms with Crippen LogP contribution in [0.15, 0.2) is 66.7 Å². The van der Waals surface area contributed by atoms with Gasteiger partial charge in [-0.3, -0.25) is 34.2 Å². The molecule has 37 heavy (non-hydrogen) atoms. The van der Waals surface area contributed by atoms with Crippen LogP contribution < -0.4 is 10.6 Å². The Labute approximate surface area is 209 Å². The molecule has 1 heterocycles. The molecule has 1 unspecified atom stereocenters. The van der Waals surface area contributed by atoms with Crippen molar-refractivity contribution in [2.75, 3.05) is 11.9 Å². The summed E-state index contributed by atoms with van der Waals surface area (Å²) in [6.45, 7) is 0.775. The summed E-state index contributed by atoms with van der Waals surface area (Å²) in [6, 6.07) is 15.2. The minimum Gasteiger partial charge on any atom is -0.324 e. The number of hydrogen-bond donors (Lipinski definition) is 2. The number of urea groups is 1. The van der Waals surface area contributed by atoms with Crippen LogP contribution >= 0.6 is 0 Å². The lowest BCUT2D eigenvalue weighted by Crippen LogP contribution is -2.42. The van der Waals surface area contributed by atoms with Crippen molar-refractivity contribution in [3.8, 4) is 0 Å². The van der Waals surface area contributed by atoms with Crippen LogP contribution in [0.3, 0.4) is 0 Å². The van der Waals surface area contributed by atoms with Crippen LogP contribution in [0, 0.1) is 10.1 Å². The van der Waals surface area contributed by atoms with Crippen molar-refractivity contribution < 1.29 is 28.9 Å². The largest absolute Gasteiger partial charge is 0.325 e. The van der Waals surface area contributed by atoms with Gasteiger partial charge in [-0.1, -0.05) is 36.4 Å². The van der Waals surface area contributed by atoms with E-state index in [1.807, 2.05) is 0 Å². The zero-order valence-corrected chi connectivity index (χ0v) is 19.3. The van der Waals surface area contributed by atoms with E-state index in [9.17, 15) is 34.1 Å². The number of carbonyl (C=O) groups is 5. The Kier molecular flexibility index (Phi) is 5.40. The molecule has 2 N–H and O–H groups in total. The lowest BCUT2D eigenvalue weighted by Gasteiger charge is -2.22. The van der Waals surface area contributed by atoms with E-state index < -0.39 is 40.6 Å². The van der Waals surface area contributed by atoms with Crippen molar-refractivity contribution in [1.29, 1.82) is 0 Å². The summed E-state index contributed by atoms with van der Waals surface area (Å²) in [5.74, 6) is -2.27. The average molecular weight is 498 g/mol. The molecule has 3 aromatic carbocycles. The predicted octanol–water partition coefficient (Wildman–Crippen LogP) is 2.78. The summed E-state index contributed by atoms with van der Waals surface area (Å²) in [7, 11) is 0. The molecule has 5 rings (SSSR count). The molecule has 1 saturated heterocycles. The number of fused-ring (bicyclic) bond motifs is 2. The standard InChI is InChI=1S/C26H18N4O7/c1-26(14-9-11-15(12-10-14)30(36)37)24(34)29(25(35)28-26)13-20(31)27-19-8-4-7-18-21(19)23(33)17-6-3-2-5-16(17)22(18)32/h2-12H,13H2,1H3,(H,27,31)(H,28,35). The Morgan fingerprint density at radius 2 is 1.54 bits per heavy atom. The molecule has 0 saturated carbocycles. The van der Waals surface area contributed by atoms with Crippen molar-refractivity contribution in [2.24, 2.45) is 0 Å². The molecule has 1 aliphatic heterocycles. The number of non-ortho nitro benzene ring substituents is 1.